The standard InChI is InChI=1S/C10H7NO5/c12-5-11-4-7-2-1-6(9(13)14)3-8(7)10(15)16/h1-3H,4H2,(H,13,14)(H,15,16). The van der Waals surface area contributed by atoms with Crippen LogP contribution in [0, 0.1) is 0 Å². The van der Waals surface area contributed by atoms with Crippen molar-refractivity contribution in [2.24, 2.45) is 4.99 Å². The van der Waals surface area contributed by atoms with E-state index >= 15 is 0 Å². The van der Waals surface area contributed by atoms with Gasteiger partial charge >= 0.3 is 11.9 Å². The fraction of sp³-hybridized carbons (Fsp3) is 0.100. The highest BCUT2D eigenvalue weighted by atomic mass is 16.4. The van der Waals surface area contributed by atoms with Crippen molar-refractivity contribution in [1.82, 2.24) is 0 Å². The van der Waals surface area contributed by atoms with E-state index in [1.165, 1.54) is 18.2 Å². The Morgan fingerprint density at radius 3 is 2.44 bits per heavy atom. The van der Waals surface area contributed by atoms with Crippen LogP contribution in [0.5, 0.6) is 0 Å². The maximum absolute atomic E-state index is 10.8. The molecule has 0 saturated heterocycles. The van der Waals surface area contributed by atoms with Crippen molar-refractivity contribution >= 4 is 18.0 Å². The number of carboxylic acid groups (broad SMARTS) is 2. The number of hydrogen-bond acceptors (Lipinski definition) is 4. The zero-order chi connectivity index (χ0) is 12.1. The number of rotatable bonds is 4. The first-order chi connectivity index (χ1) is 7.56. The van der Waals surface area contributed by atoms with Crippen LogP contribution in [0.25, 0.3) is 0 Å². The molecule has 0 spiro atoms. The molecule has 2 N–H and O–H groups in total. The van der Waals surface area contributed by atoms with Crippen LogP contribution in [0.2, 0.25) is 0 Å². The van der Waals surface area contributed by atoms with Crippen LogP contribution < -0.4 is 0 Å². The molecule has 0 amide bonds. The fourth-order valence-electron chi connectivity index (χ4n) is 1.16. The minimum atomic E-state index is -1.26. The van der Waals surface area contributed by atoms with E-state index in [1.54, 1.807) is 0 Å². The van der Waals surface area contributed by atoms with Gasteiger partial charge in [0.15, 0.2) is 0 Å². The first kappa shape index (κ1) is 11.6. The topological polar surface area (TPSA) is 104 Å². The number of benzene rings is 1. The number of carbonyl (C=O) groups is 2. The third kappa shape index (κ3) is 2.52. The SMILES string of the molecule is O=C=NCc1ccc(C(=O)O)cc1C(=O)O. The van der Waals surface area contributed by atoms with E-state index in [1.807, 2.05) is 0 Å². The molecule has 6 nitrogen and oxygen atoms in total. The molecule has 0 aliphatic carbocycles. The number of aromatic carboxylic acids is 2. The Balaban J connectivity index is 3.24. The molecule has 0 aromatic heterocycles. The molecule has 82 valence electrons. The summed E-state index contributed by atoms with van der Waals surface area (Å²) in [5, 5.41) is 17.5. The lowest BCUT2D eigenvalue weighted by atomic mass is 10.0. The molecule has 16 heavy (non-hydrogen) atoms. The van der Waals surface area contributed by atoms with Crippen LogP contribution in [0.1, 0.15) is 26.3 Å². The molecule has 0 aliphatic rings. The highest BCUT2D eigenvalue weighted by Crippen LogP contribution is 2.13. The van der Waals surface area contributed by atoms with Gasteiger partial charge in [0.05, 0.1) is 17.7 Å². The van der Waals surface area contributed by atoms with Crippen LogP contribution in [-0.4, -0.2) is 28.2 Å². The largest absolute Gasteiger partial charge is 0.478 e. The van der Waals surface area contributed by atoms with Gasteiger partial charge in [-0.1, -0.05) is 6.07 Å². The number of aliphatic imine (C=N–C) groups is 1. The van der Waals surface area contributed by atoms with Crippen molar-refractivity contribution in [3.63, 3.8) is 0 Å². The molecule has 1 rings (SSSR count). The number of nitrogens with zero attached hydrogens (tertiary/aromatic N) is 1. The Morgan fingerprint density at radius 1 is 1.25 bits per heavy atom. The molecule has 0 radical (unpaired) electrons. The minimum absolute atomic E-state index is 0.128. The van der Waals surface area contributed by atoms with Crippen molar-refractivity contribution in [3.05, 3.63) is 34.9 Å². The van der Waals surface area contributed by atoms with Crippen molar-refractivity contribution < 1.29 is 24.6 Å². The third-order valence-corrected chi connectivity index (χ3v) is 1.90. The summed E-state index contributed by atoms with van der Waals surface area (Å²) in [6.07, 6.45) is 1.29. The molecule has 0 atom stereocenters. The Morgan fingerprint density at radius 2 is 1.94 bits per heavy atom. The van der Waals surface area contributed by atoms with Crippen molar-refractivity contribution in [3.8, 4) is 0 Å². The molecule has 0 fully saturated rings. The van der Waals surface area contributed by atoms with E-state index in [9.17, 15) is 14.4 Å². The second-order valence-electron chi connectivity index (χ2n) is 2.89. The minimum Gasteiger partial charge on any atom is -0.478 e. The van der Waals surface area contributed by atoms with Gasteiger partial charge in [-0.3, -0.25) is 0 Å². The molecule has 0 saturated carbocycles. The van der Waals surface area contributed by atoms with Crippen LogP contribution >= 0.6 is 0 Å². The van der Waals surface area contributed by atoms with Crippen LogP contribution in [0.4, 0.5) is 0 Å². The predicted molar refractivity (Wildman–Crippen MR) is 52.2 cm³/mol. The van der Waals surface area contributed by atoms with Gasteiger partial charge in [-0.25, -0.2) is 19.4 Å². The molecule has 0 aliphatic heterocycles. The first-order valence-corrected chi connectivity index (χ1v) is 4.19. The normalized spacial score (nSPS) is 9.25. The van der Waals surface area contributed by atoms with Gasteiger partial charge in [0, 0.05) is 0 Å². The van der Waals surface area contributed by atoms with Crippen LogP contribution in [0.15, 0.2) is 23.2 Å². The molecule has 0 unspecified atom stereocenters. The average molecular weight is 221 g/mol. The van der Waals surface area contributed by atoms with Gasteiger partial charge in [0.2, 0.25) is 6.08 Å². The van der Waals surface area contributed by atoms with E-state index in [2.05, 4.69) is 4.99 Å². The first-order valence-electron chi connectivity index (χ1n) is 4.19. The summed E-state index contributed by atoms with van der Waals surface area (Å²) in [4.78, 5) is 34.6. The van der Waals surface area contributed by atoms with Gasteiger partial charge in [0.25, 0.3) is 0 Å². The summed E-state index contributed by atoms with van der Waals surface area (Å²) in [5.74, 6) is -2.48. The smallest absolute Gasteiger partial charge is 0.336 e. The van der Waals surface area contributed by atoms with E-state index in [4.69, 9.17) is 10.2 Å². The molecule has 0 bridgehead atoms. The Bertz CT molecular complexity index is 488. The summed E-state index contributed by atoms with van der Waals surface area (Å²) >= 11 is 0. The maximum atomic E-state index is 10.8. The number of carbonyl (C=O) groups excluding carboxylic acids is 1. The highest BCUT2D eigenvalue weighted by Gasteiger charge is 2.13. The van der Waals surface area contributed by atoms with Gasteiger partial charge in [0.1, 0.15) is 0 Å². The monoisotopic (exact) mass is 221 g/mol. The van der Waals surface area contributed by atoms with E-state index in [-0.39, 0.29) is 23.2 Å². The number of carboxylic acids is 2. The zero-order valence-electron chi connectivity index (χ0n) is 8.01. The van der Waals surface area contributed by atoms with E-state index in [0.717, 1.165) is 6.07 Å². The molecule has 1 aromatic carbocycles. The number of isocyanates is 1. The lowest BCUT2D eigenvalue weighted by molar-refractivity contribution is 0.0695. The molecule has 6 heteroatoms. The second kappa shape index (κ2) is 4.86. The Labute approximate surface area is 89.9 Å². The van der Waals surface area contributed by atoms with Gasteiger partial charge in [-0.2, -0.15) is 0 Å². The molecule has 1 aromatic rings. The molecular weight excluding hydrogens is 214 g/mol. The van der Waals surface area contributed by atoms with E-state index in [0.29, 0.717) is 0 Å². The summed E-state index contributed by atoms with van der Waals surface area (Å²) in [5.41, 5.74) is -0.0454. The highest BCUT2D eigenvalue weighted by molar-refractivity contribution is 5.94. The van der Waals surface area contributed by atoms with E-state index < -0.39 is 11.9 Å². The predicted octanol–water partition coefficient (Wildman–Crippen LogP) is 0.919. The lowest BCUT2D eigenvalue weighted by Crippen LogP contribution is -2.05. The Hall–Kier alpha value is -2.46. The average Bonchev–Trinajstić information content (AvgIpc) is 2.25. The summed E-state index contributed by atoms with van der Waals surface area (Å²) in [6, 6.07) is 3.60. The lowest BCUT2D eigenvalue weighted by Gasteiger charge is -2.03. The van der Waals surface area contributed by atoms with Crippen LogP contribution in [-0.2, 0) is 11.3 Å². The maximum Gasteiger partial charge on any atom is 0.336 e. The van der Waals surface area contributed by atoms with Gasteiger partial charge < -0.3 is 10.2 Å². The Kier molecular flexibility index (Phi) is 3.53. The van der Waals surface area contributed by atoms with Crippen molar-refractivity contribution in [1.29, 1.82) is 0 Å². The summed E-state index contributed by atoms with van der Waals surface area (Å²) in [7, 11) is 0. The van der Waals surface area contributed by atoms with Crippen molar-refractivity contribution in [2.45, 2.75) is 6.54 Å². The van der Waals surface area contributed by atoms with Gasteiger partial charge in [-0.05, 0) is 17.7 Å². The molecule has 0 heterocycles. The van der Waals surface area contributed by atoms with Crippen LogP contribution in [0.3, 0.4) is 0 Å². The number of hydrogen-bond donors (Lipinski definition) is 2. The summed E-state index contributed by atoms with van der Waals surface area (Å²) in [6.45, 7) is -0.134. The van der Waals surface area contributed by atoms with Crippen molar-refractivity contribution in [2.75, 3.05) is 0 Å². The molecular formula is C10H7NO5. The van der Waals surface area contributed by atoms with Gasteiger partial charge in [-0.15, -0.1) is 0 Å². The quantitative estimate of drug-likeness (QED) is 0.581. The second-order valence-corrected chi connectivity index (χ2v) is 2.89. The third-order valence-electron chi connectivity index (χ3n) is 1.90. The fourth-order valence-corrected chi connectivity index (χ4v) is 1.16. The zero-order valence-corrected chi connectivity index (χ0v) is 8.01. The summed E-state index contributed by atoms with van der Waals surface area (Å²) < 4.78 is 0.